The van der Waals surface area contributed by atoms with E-state index in [-0.39, 0.29) is 11.5 Å². The van der Waals surface area contributed by atoms with Crippen molar-refractivity contribution in [3.8, 4) is 0 Å². The van der Waals surface area contributed by atoms with E-state index in [2.05, 4.69) is 17.9 Å². The van der Waals surface area contributed by atoms with Gasteiger partial charge in [-0.25, -0.2) is 0 Å². The van der Waals surface area contributed by atoms with Gasteiger partial charge in [-0.15, -0.1) is 12.6 Å². The summed E-state index contributed by atoms with van der Waals surface area (Å²) >= 11 is 10.1. The van der Waals surface area contributed by atoms with Crippen LogP contribution >= 0.6 is 24.2 Å². The van der Waals surface area contributed by atoms with Gasteiger partial charge in [0.25, 0.3) is 5.91 Å². The van der Waals surface area contributed by atoms with Crippen LogP contribution in [0.25, 0.3) is 0 Å². The van der Waals surface area contributed by atoms with Crippen molar-refractivity contribution in [1.29, 1.82) is 0 Å². The van der Waals surface area contributed by atoms with E-state index in [0.29, 0.717) is 10.7 Å². The summed E-state index contributed by atoms with van der Waals surface area (Å²) in [6.45, 7) is 0. The number of carbonyl (C=O) groups excluding carboxylic acids is 1. The number of hydrogen-bond donors (Lipinski definition) is 4. The van der Waals surface area contributed by atoms with E-state index in [1.165, 1.54) is 0 Å². The molecule has 1 unspecified atom stereocenters. The summed E-state index contributed by atoms with van der Waals surface area (Å²) in [4.78, 5) is 13.0. The fraction of sp³-hybridized carbons (Fsp3) is 0.100. The molecule has 1 heterocycles. The first-order valence-corrected chi connectivity index (χ1v) is 5.69. The van der Waals surface area contributed by atoms with Crippen molar-refractivity contribution >= 4 is 35.8 Å². The van der Waals surface area contributed by atoms with Gasteiger partial charge in [0, 0.05) is 10.7 Å². The Kier molecular flexibility index (Phi) is 3.08. The van der Waals surface area contributed by atoms with E-state index in [9.17, 15) is 4.79 Å². The zero-order valence-corrected chi connectivity index (χ0v) is 10.4. The third-order valence-corrected chi connectivity index (χ3v) is 2.97. The Labute approximate surface area is 109 Å². The summed E-state index contributed by atoms with van der Waals surface area (Å²) in [7, 11) is 0. The van der Waals surface area contributed by atoms with Crippen molar-refractivity contribution < 1.29 is 4.79 Å². The Balaban J connectivity index is 2.47. The Morgan fingerprint density at radius 1 is 1.41 bits per heavy atom. The van der Waals surface area contributed by atoms with Crippen LogP contribution in [0.2, 0.25) is 5.02 Å². The predicted octanol–water partition coefficient (Wildman–Crippen LogP) is 0.576. The molecule has 1 amide bonds. The number of benzene rings is 1. The summed E-state index contributed by atoms with van der Waals surface area (Å²) in [6.07, 6.45) is 0. The van der Waals surface area contributed by atoms with Crippen molar-refractivity contribution in [2.45, 2.75) is 5.50 Å². The summed E-state index contributed by atoms with van der Waals surface area (Å²) in [5.41, 5.74) is 11.5. The van der Waals surface area contributed by atoms with Crippen molar-refractivity contribution in [2.75, 3.05) is 4.90 Å². The lowest BCUT2D eigenvalue weighted by molar-refractivity contribution is -0.118. The monoisotopic (exact) mass is 270 g/mol. The molecule has 90 valence electrons. The second-order valence-electron chi connectivity index (χ2n) is 3.50. The minimum atomic E-state index is -0.576. The Bertz CT molecular complexity index is 505. The molecule has 5 nitrogen and oxygen atoms in total. The largest absolute Gasteiger partial charge is 0.391 e. The van der Waals surface area contributed by atoms with Gasteiger partial charge in [0.15, 0.2) is 5.50 Å². The van der Waals surface area contributed by atoms with E-state index in [1.54, 1.807) is 29.2 Å². The molecule has 0 aliphatic carbocycles. The van der Waals surface area contributed by atoms with Crippen molar-refractivity contribution in [1.82, 2.24) is 5.32 Å². The molecule has 1 aliphatic rings. The predicted molar refractivity (Wildman–Crippen MR) is 70.2 cm³/mol. The number of nitrogens with one attached hydrogen (secondary N) is 1. The summed E-state index contributed by atoms with van der Waals surface area (Å²) in [5, 5.41) is 3.13. The number of anilines is 1. The van der Waals surface area contributed by atoms with E-state index in [0.717, 1.165) is 0 Å². The zero-order chi connectivity index (χ0) is 12.6. The van der Waals surface area contributed by atoms with Crippen molar-refractivity contribution in [3.05, 3.63) is 40.8 Å². The fourth-order valence-corrected chi connectivity index (χ4v) is 2.10. The normalized spacial score (nSPS) is 20.5. The number of amides is 1. The molecular formula is C10H11ClN4OS. The molecule has 0 saturated carbocycles. The number of nitrogens with two attached hydrogens (primary N) is 2. The lowest BCUT2D eigenvalue weighted by atomic mass is 10.2. The highest BCUT2D eigenvalue weighted by Crippen LogP contribution is 2.26. The van der Waals surface area contributed by atoms with Gasteiger partial charge in [-0.1, -0.05) is 17.7 Å². The smallest absolute Gasteiger partial charge is 0.273 e. The SMILES string of the molecule is NC1=C(N)N(c2cccc(Cl)c2)C(S)NC1=O. The molecule has 7 heteroatoms. The highest BCUT2D eigenvalue weighted by atomic mass is 35.5. The first-order valence-electron chi connectivity index (χ1n) is 4.79. The van der Waals surface area contributed by atoms with Crippen LogP contribution in [0, 0.1) is 0 Å². The molecule has 2 rings (SSSR count). The lowest BCUT2D eigenvalue weighted by Crippen LogP contribution is -2.53. The molecule has 0 aromatic heterocycles. The molecule has 0 bridgehead atoms. The third kappa shape index (κ3) is 2.13. The number of rotatable bonds is 1. The van der Waals surface area contributed by atoms with Crippen LogP contribution in [0.3, 0.4) is 0 Å². The maximum Gasteiger partial charge on any atom is 0.273 e. The molecule has 5 N–H and O–H groups in total. The molecule has 17 heavy (non-hydrogen) atoms. The average molecular weight is 271 g/mol. The second kappa shape index (κ2) is 4.38. The second-order valence-corrected chi connectivity index (χ2v) is 4.42. The van der Waals surface area contributed by atoms with Gasteiger partial charge >= 0.3 is 0 Å². The zero-order valence-electron chi connectivity index (χ0n) is 8.72. The van der Waals surface area contributed by atoms with Crippen LogP contribution < -0.4 is 21.7 Å². The van der Waals surface area contributed by atoms with Crippen LogP contribution in [0.15, 0.2) is 35.8 Å². The molecule has 0 spiro atoms. The number of nitrogens with zero attached hydrogens (tertiary/aromatic N) is 1. The molecular weight excluding hydrogens is 260 g/mol. The fourth-order valence-electron chi connectivity index (χ4n) is 1.54. The molecule has 0 saturated heterocycles. The van der Waals surface area contributed by atoms with Gasteiger partial charge in [-0.05, 0) is 18.2 Å². The average Bonchev–Trinajstić information content (AvgIpc) is 2.26. The van der Waals surface area contributed by atoms with Gasteiger partial charge in [0.1, 0.15) is 11.5 Å². The Morgan fingerprint density at radius 3 is 2.76 bits per heavy atom. The van der Waals surface area contributed by atoms with Gasteiger partial charge in [0.2, 0.25) is 0 Å². The number of hydrogen-bond acceptors (Lipinski definition) is 5. The van der Waals surface area contributed by atoms with E-state index >= 15 is 0 Å². The maximum absolute atomic E-state index is 11.4. The van der Waals surface area contributed by atoms with Gasteiger partial charge in [0.05, 0.1) is 0 Å². The van der Waals surface area contributed by atoms with Crippen LogP contribution in [0.4, 0.5) is 5.69 Å². The molecule has 1 atom stereocenters. The third-order valence-electron chi connectivity index (χ3n) is 2.37. The summed E-state index contributed by atoms with van der Waals surface area (Å²) in [5.74, 6) is -0.267. The molecule has 0 radical (unpaired) electrons. The number of halogens is 1. The van der Waals surface area contributed by atoms with Gasteiger partial charge < -0.3 is 16.8 Å². The van der Waals surface area contributed by atoms with Crippen LogP contribution in [0.5, 0.6) is 0 Å². The topological polar surface area (TPSA) is 84.4 Å². The first kappa shape index (κ1) is 11.9. The van der Waals surface area contributed by atoms with Crippen LogP contribution in [-0.2, 0) is 4.79 Å². The molecule has 1 aromatic rings. The summed E-state index contributed by atoms with van der Waals surface area (Å²) in [6, 6.07) is 7.03. The highest BCUT2D eigenvalue weighted by molar-refractivity contribution is 7.81. The minimum Gasteiger partial charge on any atom is -0.391 e. The molecule has 1 aliphatic heterocycles. The summed E-state index contributed by atoms with van der Waals surface area (Å²) < 4.78 is 0. The van der Waals surface area contributed by atoms with Gasteiger partial charge in [-0.2, -0.15) is 0 Å². The number of thiol groups is 1. The Morgan fingerprint density at radius 2 is 2.12 bits per heavy atom. The van der Waals surface area contributed by atoms with Crippen molar-refractivity contribution in [2.24, 2.45) is 11.5 Å². The molecule has 1 aromatic carbocycles. The van der Waals surface area contributed by atoms with Crippen LogP contribution in [-0.4, -0.2) is 11.4 Å². The Hall–Kier alpha value is -1.53. The number of carbonyl (C=O) groups is 1. The van der Waals surface area contributed by atoms with E-state index in [1.807, 2.05) is 0 Å². The highest BCUT2D eigenvalue weighted by Gasteiger charge is 2.29. The van der Waals surface area contributed by atoms with E-state index in [4.69, 9.17) is 23.1 Å². The van der Waals surface area contributed by atoms with Gasteiger partial charge in [-0.3, -0.25) is 9.69 Å². The first-order chi connectivity index (χ1) is 8.00. The standard InChI is InChI=1S/C10H11ClN4OS/c11-5-2-1-3-6(4-5)15-8(13)7(12)9(16)14-10(15)17/h1-4,10,17H,12-13H2,(H,14,16). The molecule has 0 fully saturated rings. The van der Waals surface area contributed by atoms with Crippen LogP contribution in [0.1, 0.15) is 0 Å². The van der Waals surface area contributed by atoms with E-state index < -0.39 is 11.4 Å². The quantitative estimate of drug-likeness (QED) is 0.563. The van der Waals surface area contributed by atoms with Crippen molar-refractivity contribution in [3.63, 3.8) is 0 Å². The lowest BCUT2D eigenvalue weighted by Gasteiger charge is -2.35. The minimum absolute atomic E-state index is 0.0322. The maximum atomic E-state index is 11.4.